The van der Waals surface area contributed by atoms with Gasteiger partial charge in [-0.2, -0.15) is 0 Å². The summed E-state index contributed by atoms with van der Waals surface area (Å²) in [7, 11) is 0. The Morgan fingerprint density at radius 2 is 1.93 bits per heavy atom. The number of halogens is 2. The van der Waals surface area contributed by atoms with Crippen LogP contribution in [-0.4, -0.2) is 29.6 Å². The Morgan fingerprint density at radius 3 is 2.53 bits per heavy atom. The van der Waals surface area contributed by atoms with E-state index in [1.165, 1.54) is 11.9 Å². The maximum absolute atomic E-state index is 12.0. The highest BCUT2D eigenvalue weighted by atomic mass is 35.5. The van der Waals surface area contributed by atoms with Crippen LogP contribution >= 0.6 is 23.2 Å². The monoisotopic (exact) mass is 445 g/mol. The van der Waals surface area contributed by atoms with Crippen LogP contribution in [0.4, 0.5) is 5.69 Å². The van der Waals surface area contributed by atoms with E-state index < -0.39 is 12.0 Å². The number of aliphatic carboxylic acids is 1. The molecule has 30 heavy (non-hydrogen) atoms. The van der Waals surface area contributed by atoms with Crippen molar-refractivity contribution in [3.05, 3.63) is 63.1 Å². The topological polar surface area (TPSA) is 95.7 Å². The number of hydrogen-bond donors (Lipinski definition) is 3. The largest absolute Gasteiger partial charge is 0.480 e. The Morgan fingerprint density at radius 1 is 1.23 bits per heavy atom. The minimum absolute atomic E-state index is 0.232. The number of carbonyl (C=O) groups is 2. The molecule has 8 heteroatoms. The van der Waals surface area contributed by atoms with E-state index in [1.807, 2.05) is 24.3 Å². The van der Waals surface area contributed by atoms with Gasteiger partial charge in [0, 0.05) is 34.9 Å². The van der Waals surface area contributed by atoms with E-state index in [0.717, 1.165) is 16.7 Å². The molecule has 0 aromatic heterocycles. The van der Waals surface area contributed by atoms with Gasteiger partial charge in [0.2, 0.25) is 5.91 Å². The van der Waals surface area contributed by atoms with Gasteiger partial charge < -0.3 is 10.8 Å². The molecule has 1 aliphatic heterocycles. The molecule has 0 radical (unpaired) electrons. The lowest BCUT2D eigenvalue weighted by molar-refractivity contribution is -0.139. The molecule has 4 N–H and O–H groups in total. The predicted octanol–water partition coefficient (Wildman–Crippen LogP) is 3.34. The fourth-order valence-electron chi connectivity index (χ4n) is 3.66. The Bertz CT molecular complexity index is 1030. The smallest absolute Gasteiger partial charge is 0.328 e. The van der Waals surface area contributed by atoms with Gasteiger partial charge in [-0.25, -0.2) is 4.79 Å². The normalized spacial score (nSPS) is 17.5. The van der Waals surface area contributed by atoms with Crippen molar-refractivity contribution in [2.75, 3.05) is 11.6 Å². The Labute approximate surface area is 184 Å². The van der Waals surface area contributed by atoms with Crippen LogP contribution in [0.15, 0.2) is 36.4 Å². The summed E-state index contributed by atoms with van der Waals surface area (Å²) in [6.07, 6.45) is 0.819. The molecule has 1 aliphatic rings. The number of carbonyl (C=O) groups excluding carboxylic acids is 1. The van der Waals surface area contributed by atoms with Gasteiger partial charge in [0.15, 0.2) is 0 Å². The minimum atomic E-state index is -1.05. The lowest BCUT2D eigenvalue weighted by Gasteiger charge is -2.40. The first-order valence-corrected chi connectivity index (χ1v) is 10.1. The molecule has 6 nitrogen and oxygen atoms in total. The number of amides is 1. The molecule has 1 heterocycles. The summed E-state index contributed by atoms with van der Waals surface area (Å²) in [4.78, 5) is 23.7. The number of carboxylic acid groups (broad SMARTS) is 1. The maximum atomic E-state index is 12.0. The molecule has 0 unspecified atom stereocenters. The van der Waals surface area contributed by atoms with Gasteiger partial charge in [-0.1, -0.05) is 59.3 Å². The van der Waals surface area contributed by atoms with E-state index in [4.69, 9.17) is 28.9 Å². The van der Waals surface area contributed by atoms with Crippen LogP contribution in [0.1, 0.15) is 36.0 Å². The Balaban J connectivity index is 2.07. The molecule has 0 saturated carbocycles. The minimum Gasteiger partial charge on any atom is -0.480 e. The molecule has 1 amide bonds. The molecule has 0 spiro atoms. The third kappa shape index (κ3) is 4.71. The number of fused-ring (bicyclic) bond motifs is 1. The molecule has 0 aliphatic carbocycles. The first-order valence-electron chi connectivity index (χ1n) is 9.34. The third-order valence-electron chi connectivity index (χ3n) is 4.92. The van der Waals surface area contributed by atoms with Gasteiger partial charge in [0.05, 0.1) is 12.2 Å². The van der Waals surface area contributed by atoms with Gasteiger partial charge in [-0.15, -0.1) is 0 Å². The Hall–Kier alpha value is -2.72. The van der Waals surface area contributed by atoms with Gasteiger partial charge in [0.25, 0.3) is 0 Å². The molecular formula is C22H21Cl2N3O3. The van der Waals surface area contributed by atoms with Crippen molar-refractivity contribution in [3.8, 4) is 11.8 Å². The summed E-state index contributed by atoms with van der Waals surface area (Å²) in [5, 5.41) is 11.9. The van der Waals surface area contributed by atoms with Gasteiger partial charge in [-0.3, -0.25) is 15.2 Å². The van der Waals surface area contributed by atoms with Crippen molar-refractivity contribution in [1.82, 2.24) is 5.43 Å². The highest BCUT2D eigenvalue weighted by molar-refractivity contribution is 6.35. The number of benzene rings is 2. The zero-order valence-corrected chi connectivity index (χ0v) is 17.8. The van der Waals surface area contributed by atoms with E-state index in [0.29, 0.717) is 28.7 Å². The van der Waals surface area contributed by atoms with Crippen molar-refractivity contribution in [2.45, 2.75) is 31.7 Å². The number of nitrogens with two attached hydrogens (primary N) is 1. The van der Waals surface area contributed by atoms with Gasteiger partial charge in [-0.05, 0) is 29.7 Å². The highest BCUT2D eigenvalue weighted by Gasteiger charge is 2.39. The Kier molecular flexibility index (Phi) is 6.88. The summed E-state index contributed by atoms with van der Waals surface area (Å²) in [6.45, 7) is 1.64. The van der Waals surface area contributed by atoms with Crippen LogP contribution in [0.2, 0.25) is 10.0 Å². The van der Waals surface area contributed by atoms with E-state index in [1.54, 1.807) is 12.1 Å². The molecule has 2 aromatic rings. The zero-order chi connectivity index (χ0) is 21.8. The van der Waals surface area contributed by atoms with Crippen LogP contribution in [0.25, 0.3) is 0 Å². The average Bonchev–Trinajstić information content (AvgIpc) is 2.68. The lowest BCUT2D eigenvalue weighted by Crippen LogP contribution is -2.54. The molecule has 0 fully saturated rings. The molecule has 0 bridgehead atoms. The van der Waals surface area contributed by atoms with Gasteiger partial charge in [0.1, 0.15) is 6.04 Å². The molecule has 3 rings (SSSR count). The van der Waals surface area contributed by atoms with Crippen LogP contribution in [0.5, 0.6) is 0 Å². The number of hydrogen-bond acceptors (Lipinski definition) is 4. The number of anilines is 1. The molecule has 2 atom stereocenters. The summed E-state index contributed by atoms with van der Waals surface area (Å²) < 4.78 is 0. The lowest BCUT2D eigenvalue weighted by atomic mass is 9.81. The summed E-state index contributed by atoms with van der Waals surface area (Å²) in [6, 6.07) is 10.1. The van der Waals surface area contributed by atoms with E-state index >= 15 is 0 Å². The van der Waals surface area contributed by atoms with E-state index in [2.05, 4.69) is 17.3 Å². The quantitative estimate of drug-likeness (QED) is 0.627. The van der Waals surface area contributed by atoms with E-state index in [9.17, 15) is 14.7 Å². The number of nitrogens with zero attached hydrogens (tertiary/aromatic N) is 1. The van der Waals surface area contributed by atoms with Crippen molar-refractivity contribution in [3.63, 3.8) is 0 Å². The second-order valence-corrected chi connectivity index (χ2v) is 7.82. The standard InChI is InChI=1S/C22H21Cl2N3O3/c1-13(28)26-27-19-11-16(23)10-18(24)21(19)17(12-20(27)22(29)30)15-7-5-14(6-8-15)4-2-3-9-25/h5-8,10-11,17,20H,4,9,12,25H2,1H3,(H,26,28)(H,29,30)/t17-,20-/m0/s1. The molecular weight excluding hydrogens is 425 g/mol. The highest BCUT2D eigenvalue weighted by Crippen LogP contribution is 2.46. The number of nitrogens with one attached hydrogen (secondary N) is 1. The fraction of sp³-hybridized carbons (Fsp3) is 0.273. The first-order chi connectivity index (χ1) is 14.3. The van der Waals surface area contributed by atoms with Gasteiger partial charge >= 0.3 is 5.97 Å². The van der Waals surface area contributed by atoms with Crippen molar-refractivity contribution < 1.29 is 14.7 Å². The number of carboxylic acids is 1. The first kappa shape index (κ1) is 22.0. The summed E-state index contributed by atoms with van der Waals surface area (Å²) in [5.41, 5.74) is 11.2. The summed E-state index contributed by atoms with van der Waals surface area (Å²) in [5.74, 6) is 4.11. The van der Waals surface area contributed by atoms with Crippen molar-refractivity contribution in [2.24, 2.45) is 5.73 Å². The zero-order valence-electron chi connectivity index (χ0n) is 16.3. The molecule has 2 aromatic carbocycles. The predicted molar refractivity (Wildman–Crippen MR) is 118 cm³/mol. The van der Waals surface area contributed by atoms with E-state index in [-0.39, 0.29) is 18.2 Å². The van der Waals surface area contributed by atoms with Crippen LogP contribution in [0.3, 0.4) is 0 Å². The molecule has 0 saturated heterocycles. The SMILES string of the molecule is CC(=O)NN1c2cc(Cl)cc(Cl)c2[C@H](c2ccc(CC#CCN)cc2)C[C@H]1C(=O)O. The fourth-order valence-corrected chi connectivity index (χ4v) is 4.27. The van der Waals surface area contributed by atoms with Crippen LogP contribution < -0.4 is 16.2 Å². The van der Waals surface area contributed by atoms with Crippen molar-refractivity contribution >= 4 is 40.8 Å². The van der Waals surface area contributed by atoms with Crippen LogP contribution in [0, 0.1) is 11.8 Å². The number of hydrazine groups is 1. The third-order valence-corrected chi connectivity index (χ3v) is 5.45. The maximum Gasteiger partial charge on any atom is 0.328 e. The average molecular weight is 446 g/mol. The second kappa shape index (κ2) is 9.40. The number of rotatable bonds is 4. The second-order valence-electron chi connectivity index (χ2n) is 6.98. The van der Waals surface area contributed by atoms with Crippen molar-refractivity contribution in [1.29, 1.82) is 0 Å². The molecule has 156 valence electrons. The van der Waals surface area contributed by atoms with Crippen LogP contribution in [-0.2, 0) is 16.0 Å². The summed E-state index contributed by atoms with van der Waals surface area (Å²) >= 11 is 12.7.